The molecule has 0 aromatic heterocycles. The number of piperidine rings is 1. The molecule has 1 saturated heterocycles. The Balaban J connectivity index is 2.35. The average Bonchev–Trinajstić information content (AvgIpc) is 3.03. The molecule has 1 saturated carbocycles. The number of urea groups is 1. The molecule has 5 amide bonds. The molecule has 37 heavy (non-hydrogen) atoms. The van der Waals surface area contributed by atoms with Crippen LogP contribution < -0.4 is 21.7 Å². The molecule has 210 valence electrons. The maximum absolute atomic E-state index is 13.7. The number of hydrogen-bond donors (Lipinski definition) is 4. The largest absolute Gasteiger partial charge is 0.391 e. The Bertz CT molecular complexity index is 967. The summed E-state index contributed by atoms with van der Waals surface area (Å²) in [7, 11) is 0. The van der Waals surface area contributed by atoms with Crippen molar-refractivity contribution in [3.63, 3.8) is 0 Å². The number of nitrogens with zero attached hydrogens (tertiary/aromatic N) is 1. The van der Waals surface area contributed by atoms with E-state index in [2.05, 4.69) is 10.6 Å². The van der Waals surface area contributed by atoms with E-state index >= 15 is 0 Å². The molecule has 0 radical (unpaired) electrons. The molecule has 5 atom stereocenters. The minimum absolute atomic E-state index is 0.107. The summed E-state index contributed by atoms with van der Waals surface area (Å²) in [5, 5.41) is 7.41. The van der Waals surface area contributed by atoms with Crippen LogP contribution in [0.1, 0.15) is 61.8 Å². The predicted octanol–water partition coefficient (Wildman–Crippen LogP) is 1.47. The first-order valence-electron chi connectivity index (χ1n) is 12.1. The molecule has 10 nitrogen and oxygen atoms in total. The zero-order chi connectivity index (χ0) is 28.9. The van der Waals surface area contributed by atoms with Gasteiger partial charge in [0.1, 0.15) is 18.1 Å². The van der Waals surface area contributed by atoms with Crippen LogP contribution in [-0.2, 0) is 19.2 Å². The first kappa shape index (κ1) is 30.4. The van der Waals surface area contributed by atoms with Gasteiger partial charge in [-0.1, -0.05) is 34.6 Å². The molecule has 1 heterocycles. The third kappa shape index (κ3) is 7.13. The number of ketones is 1. The molecule has 1 aliphatic carbocycles. The van der Waals surface area contributed by atoms with Gasteiger partial charge in [0, 0.05) is 12.1 Å². The van der Waals surface area contributed by atoms with Gasteiger partial charge in [0.25, 0.3) is 5.91 Å². The SMILES string of the molecule is CC(C)(C)NC(=O)N[C@H](C(=O)N1C[C@H]2[C@@H]([C@H]1C(=O)NC(CC(F)(F)F)C(=O)C(N)=O)C2(C)C)C(C)(C)C. The second-order valence-electron chi connectivity index (χ2n) is 12.6. The lowest BCUT2D eigenvalue weighted by atomic mass is 9.85. The fraction of sp³-hybridized carbons (Fsp3) is 0.792. The van der Waals surface area contributed by atoms with Crippen molar-refractivity contribution in [1.82, 2.24) is 20.9 Å². The molecular weight excluding hydrogens is 495 g/mol. The average molecular weight is 534 g/mol. The zero-order valence-corrected chi connectivity index (χ0v) is 22.5. The molecule has 2 aliphatic rings. The summed E-state index contributed by atoms with van der Waals surface area (Å²) in [6.07, 6.45) is -6.64. The van der Waals surface area contributed by atoms with E-state index in [1.807, 2.05) is 19.2 Å². The van der Waals surface area contributed by atoms with Crippen LogP contribution in [0, 0.1) is 22.7 Å². The van der Waals surface area contributed by atoms with Crippen LogP contribution in [-0.4, -0.2) is 70.8 Å². The Hall–Kier alpha value is -2.86. The van der Waals surface area contributed by atoms with Gasteiger partial charge in [-0.15, -0.1) is 0 Å². The third-order valence-electron chi connectivity index (χ3n) is 6.95. The molecule has 0 aromatic carbocycles. The number of nitrogens with one attached hydrogen (secondary N) is 3. The standard InChI is InChI=1S/C24H38F3N5O5/c1-21(2,3)16(30-20(37)31-22(4,5)6)19(36)32-10-11-13(23(11,7)8)14(32)18(35)29-12(9-24(25,26)27)15(33)17(28)34/h11-14,16H,9-10H2,1-8H3,(H2,28,34)(H,29,35)(H2,30,31,37)/t11-,12?,13-,14-,16+/m0/s1. The number of fused-ring (bicyclic) bond motifs is 1. The highest BCUT2D eigenvalue weighted by molar-refractivity contribution is 6.37. The van der Waals surface area contributed by atoms with Crippen molar-refractivity contribution in [3.8, 4) is 0 Å². The molecular formula is C24H38F3N5O5. The number of alkyl halides is 3. The van der Waals surface area contributed by atoms with Gasteiger partial charge in [-0.2, -0.15) is 13.2 Å². The van der Waals surface area contributed by atoms with Crippen LogP contribution in [0.25, 0.3) is 0 Å². The quantitative estimate of drug-likeness (QED) is 0.366. The van der Waals surface area contributed by atoms with Crippen LogP contribution in [0.5, 0.6) is 0 Å². The van der Waals surface area contributed by atoms with Gasteiger partial charge in [0.2, 0.25) is 17.6 Å². The summed E-state index contributed by atoms with van der Waals surface area (Å²) in [5.74, 6) is -5.24. The molecule has 2 fully saturated rings. The summed E-state index contributed by atoms with van der Waals surface area (Å²) in [4.78, 5) is 64.3. The Morgan fingerprint density at radius 1 is 1.00 bits per heavy atom. The number of amides is 5. The van der Waals surface area contributed by atoms with Crippen LogP contribution in [0.4, 0.5) is 18.0 Å². The van der Waals surface area contributed by atoms with E-state index in [-0.39, 0.29) is 23.8 Å². The topological polar surface area (TPSA) is 151 Å². The van der Waals surface area contributed by atoms with Crippen molar-refractivity contribution in [2.45, 2.75) is 91.7 Å². The molecule has 0 aromatic rings. The molecule has 1 aliphatic heterocycles. The van der Waals surface area contributed by atoms with Crippen molar-refractivity contribution in [3.05, 3.63) is 0 Å². The lowest BCUT2D eigenvalue weighted by molar-refractivity contribution is -0.155. The normalized spacial score (nSPS) is 24.4. The Morgan fingerprint density at radius 2 is 1.54 bits per heavy atom. The number of nitrogens with two attached hydrogens (primary N) is 1. The van der Waals surface area contributed by atoms with Crippen molar-refractivity contribution in [1.29, 1.82) is 0 Å². The highest BCUT2D eigenvalue weighted by Crippen LogP contribution is 2.65. The van der Waals surface area contributed by atoms with E-state index in [1.165, 1.54) is 4.90 Å². The van der Waals surface area contributed by atoms with Crippen molar-refractivity contribution in [2.24, 2.45) is 28.4 Å². The number of carbonyl (C=O) groups excluding carboxylic acids is 5. The minimum atomic E-state index is -4.86. The first-order valence-corrected chi connectivity index (χ1v) is 12.1. The second-order valence-corrected chi connectivity index (χ2v) is 12.6. The summed E-state index contributed by atoms with van der Waals surface area (Å²) >= 11 is 0. The number of carbonyl (C=O) groups is 5. The van der Waals surface area contributed by atoms with Gasteiger partial charge < -0.3 is 26.6 Å². The Labute approximate surface area is 214 Å². The predicted molar refractivity (Wildman–Crippen MR) is 128 cm³/mol. The van der Waals surface area contributed by atoms with E-state index in [0.717, 1.165) is 0 Å². The molecule has 1 unspecified atom stereocenters. The van der Waals surface area contributed by atoms with E-state index in [4.69, 9.17) is 5.73 Å². The molecule has 5 N–H and O–H groups in total. The number of likely N-dealkylation sites (tertiary alicyclic amines) is 1. The molecule has 13 heteroatoms. The first-order chi connectivity index (χ1) is 16.5. The van der Waals surface area contributed by atoms with E-state index in [0.29, 0.717) is 0 Å². The highest BCUT2D eigenvalue weighted by atomic mass is 19.4. The van der Waals surface area contributed by atoms with Gasteiger partial charge in [-0.25, -0.2) is 4.79 Å². The number of halogens is 3. The number of primary amides is 1. The Morgan fingerprint density at radius 3 is 1.97 bits per heavy atom. The van der Waals surface area contributed by atoms with Gasteiger partial charge in [-0.05, 0) is 43.4 Å². The van der Waals surface area contributed by atoms with Crippen molar-refractivity contribution < 1.29 is 37.1 Å². The smallest absolute Gasteiger partial charge is 0.363 e. The maximum Gasteiger partial charge on any atom is 0.391 e. The summed E-state index contributed by atoms with van der Waals surface area (Å²) in [6.45, 7) is 14.4. The van der Waals surface area contributed by atoms with Gasteiger partial charge in [0.05, 0.1) is 6.42 Å². The number of hydrogen-bond acceptors (Lipinski definition) is 5. The van der Waals surface area contributed by atoms with Gasteiger partial charge in [-0.3, -0.25) is 19.2 Å². The fourth-order valence-electron chi connectivity index (χ4n) is 5.01. The summed E-state index contributed by atoms with van der Waals surface area (Å²) < 4.78 is 39.2. The van der Waals surface area contributed by atoms with E-state index in [9.17, 15) is 37.1 Å². The van der Waals surface area contributed by atoms with Gasteiger partial charge in [0.15, 0.2) is 0 Å². The fourth-order valence-corrected chi connectivity index (χ4v) is 5.01. The molecule has 0 bridgehead atoms. The summed E-state index contributed by atoms with van der Waals surface area (Å²) in [6, 6.07) is -5.06. The monoisotopic (exact) mass is 533 g/mol. The highest BCUT2D eigenvalue weighted by Gasteiger charge is 2.70. The number of rotatable bonds is 7. The van der Waals surface area contributed by atoms with E-state index < -0.39 is 71.2 Å². The maximum atomic E-state index is 13.7. The van der Waals surface area contributed by atoms with Crippen molar-refractivity contribution in [2.75, 3.05) is 6.54 Å². The van der Waals surface area contributed by atoms with Crippen LogP contribution in [0.2, 0.25) is 0 Å². The van der Waals surface area contributed by atoms with Crippen molar-refractivity contribution >= 4 is 29.5 Å². The van der Waals surface area contributed by atoms with E-state index in [1.54, 1.807) is 41.5 Å². The minimum Gasteiger partial charge on any atom is -0.363 e. The lowest BCUT2D eigenvalue weighted by Gasteiger charge is -2.38. The molecule has 2 rings (SSSR count). The van der Waals surface area contributed by atoms with Crippen LogP contribution in [0.15, 0.2) is 0 Å². The zero-order valence-electron chi connectivity index (χ0n) is 22.5. The second kappa shape index (κ2) is 9.79. The van der Waals surface area contributed by atoms with Crippen LogP contribution >= 0.6 is 0 Å². The lowest BCUT2D eigenvalue weighted by Crippen LogP contribution is -2.62. The van der Waals surface area contributed by atoms with Crippen LogP contribution in [0.3, 0.4) is 0 Å². The summed E-state index contributed by atoms with van der Waals surface area (Å²) in [5.41, 5.74) is 3.16. The Kier molecular flexibility index (Phi) is 8.03. The third-order valence-corrected chi connectivity index (χ3v) is 6.95. The van der Waals surface area contributed by atoms with Gasteiger partial charge >= 0.3 is 12.2 Å². The molecule has 0 spiro atoms. The number of Topliss-reactive ketones (excluding diaryl/α,β-unsaturated/α-hetero) is 1.